The number of tetrazole rings is 1. The minimum absolute atomic E-state index is 0.175. The Hall–Kier alpha value is -1.85. The van der Waals surface area contributed by atoms with Gasteiger partial charge in [0.1, 0.15) is 0 Å². The Bertz CT molecular complexity index is 745. The fourth-order valence-electron chi connectivity index (χ4n) is 2.16. The Labute approximate surface area is 138 Å². The standard InChI is InChI=1S/C16H15ClN4S/c1-12(14-9-5-6-10-15(14)17)22-16-18-19-20-21(16)11-13-7-3-2-4-8-13/h2-10,12H,11H2,1H3. The Morgan fingerprint density at radius 3 is 2.59 bits per heavy atom. The first-order valence-electron chi connectivity index (χ1n) is 6.95. The molecule has 1 unspecified atom stereocenters. The quantitative estimate of drug-likeness (QED) is 0.657. The summed E-state index contributed by atoms with van der Waals surface area (Å²) in [4.78, 5) is 0. The molecular formula is C16H15ClN4S. The molecule has 0 saturated carbocycles. The maximum absolute atomic E-state index is 6.26. The summed E-state index contributed by atoms with van der Waals surface area (Å²) >= 11 is 7.86. The molecule has 0 aliphatic rings. The minimum Gasteiger partial charge on any atom is -0.216 e. The van der Waals surface area contributed by atoms with Gasteiger partial charge in [-0.3, -0.25) is 0 Å². The number of nitrogens with zero attached hydrogens (tertiary/aromatic N) is 4. The first-order chi connectivity index (χ1) is 10.7. The van der Waals surface area contributed by atoms with Crippen LogP contribution in [-0.2, 0) is 6.54 Å². The van der Waals surface area contributed by atoms with Gasteiger partial charge >= 0.3 is 0 Å². The Kier molecular flexibility index (Phi) is 4.75. The number of halogens is 1. The van der Waals surface area contributed by atoms with Crippen molar-refractivity contribution in [3.8, 4) is 0 Å². The fourth-order valence-corrected chi connectivity index (χ4v) is 3.48. The van der Waals surface area contributed by atoms with Crippen LogP contribution in [0.5, 0.6) is 0 Å². The Morgan fingerprint density at radius 2 is 1.82 bits per heavy atom. The number of hydrogen-bond donors (Lipinski definition) is 0. The molecular weight excluding hydrogens is 316 g/mol. The summed E-state index contributed by atoms with van der Waals surface area (Å²) < 4.78 is 1.81. The van der Waals surface area contributed by atoms with Crippen molar-refractivity contribution < 1.29 is 0 Å². The molecule has 0 aliphatic carbocycles. The lowest BCUT2D eigenvalue weighted by Gasteiger charge is -2.12. The topological polar surface area (TPSA) is 43.6 Å². The average Bonchev–Trinajstić information content (AvgIpc) is 2.95. The highest BCUT2D eigenvalue weighted by Gasteiger charge is 2.15. The van der Waals surface area contributed by atoms with Gasteiger partial charge in [0.2, 0.25) is 5.16 Å². The van der Waals surface area contributed by atoms with Crippen LogP contribution in [0.4, 0.5) is 0 Å². The van der Waals surface area contributed by atoms with Crippen LogP contribution in [0.1, 0.15) is 23.3 Å². The third-order valence-corrected chi connectivity index (χ3v) is 4.75. The summed E-state index contributed by atoms with van der Waals surface area (Å²) in [7, 11) is 0. The lowest BCUT2D eigenvalue weighted by molar-refractivity contribution is 0.602. The summed E-state index contributed by atoms with van der Waals surface area (Å²) in [5.74, 6) is 0. The summed E-state index contributed by atoms with van der Waals surface area (Å²) in [5, 5.41) is 13.7. The van der Waals surface area contributed by atoms with Gasteiger partial charge in [0.15, 0.2) is 0 Å². The van der Waals surface area contributed by atoms with Gasteiger partial charge in [-0.15, -0.1) is 5.10 Å². The van der Waals surface area contributed by atoms with Crippen LogP contribution in [-0.4, -0.2) is 20.2 Å². The molecule has 0 fully saturated rings. The van der Waals surface area contributed by atoms with E-state index in [0.29, 0.717) is 6.54 Å². The van der Waals surface area contributed by atoms with Gasteiger partial charge in [-0.1, -0.05) is 71.9 Å². The SMILES string of the molecule is CC(Sc1nnnn1Cc1ccccc1)c1ccccc1Cl. The first kappa shape index (κ1) is 15.1. The van der Waals surface area contributed by atoms with Crippen LogP contribution in [0.25, 0.3) is 0 Å². The molecule has 4 nitrogen and oxygen atoms in total. The van der Waals surface area contributed by atoms with Gasteiger partial charge in [-0.2, -0.15) is 0 Å². The zero-order chi connectivity index (χ0) is 15.4. The van der Waals surface area contributed by atoms with E-state index in [9.17, 15) is 0 Å². The zero-order valence-electron chi connectivity index (χ0n) is 12.1. The van der Waals surface area contributed by atoms with Crippen LogP contribution >= 0.6 is 23.4 Å². The molecule has 0 amide bonds. The van der Waals surface area contributed by atoms with Crippen molar-refractivity contribution in [2.24, 2.45) is 0 Å². The van der Waals surface area contributed by atoms with Crippen molar-refractivity contribution in [2.75, 3.05) is 0 Å². The molecule has 0 aliphatic heterocycles. The van der Waals surface area contributed by atoms with E-state index in [1.54, 1.807) is 11.8 Å². The van der Waals surface area contributed by atoms with Crippen LogP contribution < -0.4 is 0 Å². The molecule has 2 aromatic carbocycles. The van der Waals surface area contributed by atoms with Crippen molar-refractivity contribution in [2.45, 2.75) is 23.9 Å². The second-order valence-corrected chi connectivity index (χ2v) is 6.60. The molecule has 1 atom stereocenters. The highest BCUT2D eigenvalue weighted by atomic mass is 35.5. The summed E-state index contributed by atoms with van der Waals surface area (Å²) in [5.41, 5.74) is 2.26. The second-order valence-electron chi connectivity index (χ2n) is 4.89. The highest BCUT2D eigenvalue weighted by molar-refractivity contribution is 7.99. The van der Waals surface area contributed by atoms with Gasteiger partial charge in [-0.05, 0) is 34.5 Å². The molecule has 0 spiro atoms. The number of benzene rings is 2. The third-order valence-electron chi connectivity index (χ3n) is 3.30. The van der Waals surface area contributed by atoms with E-state index in [0.717, 1.165) is 15.7 Å². The second kappa shape index (κ2) is 6.94. The van der Waals surface area contributed by atoms with Crippen molar-refractivity contribution >= 4 is 23.4 Å². The average molecular weight is 331 g/mol. The largest absolute Gasteiger partial charge is 0.216 e. The molecule has 0 bridgehead atoms. The van der Waals surface area contributed by atoms with Crippen molar-refractivity contribution in [1.82, 2.24) is 20.2 Å². The van der Waals surface area contributed by atoms with Crippen LogP contribution in [0.2, 0.25) is 5.02 Å². The van der Waals surface area contributed by atoms with E-state index in [1.807, 2.05) is 47.1 Å². The molecule has 3 rings (SSSR count). The van der Waals surface area contributed by atoms with Crippen molar-refractivity contribution in [1.29, 1.82) is 0 Å². The molecule has 0 radical (unpaired) electrons. The predicted molar refractivity (Wildman–Crippen MR) is 89.1 cm³/mol. The van der Waals surface area contributed by atoms with Gasteiger partial charge in [0.05, 0.1) is 6.54 Å². The van der Waals surface area contributed by atoms with E-state index >= 15 is 0 Å². The van der Waals surface area contributed by atoms with E-state index in [2.05, 4.69) is 34.6 Å². The molecule has 1 heterocycles. The van der Waals surface area contributed by atoms with Crippen LogP contribution in [0.3, 0.4) is 0 Å². The van der Waals surface area contributed by atoms with Gasteiger partial charge < -0.3 is 0 Å². The first-order valence-corrected chi connectivity index (χ1v) is 8.21. The molecule has 22 heavy (non-hydrogen) atoms. The zero-order valence-corrected chi connectivity index (χ0v) is 13.6. The maximum atomic E-state index is 6.26. The van der Waals surface area contributed by atoms with E-state index in [4.69, 9.17) is 11.6 Å². The van der Waals surface area contributed by atoms with Crippen LogP contribution in [0.15, 0.2) is 59.8 Å². The molecule has 0 saturated heterocycles. The monoisotopic (exact) mass is 330 g/mol. The summed E-state index contributed by atoms with van der Waals surface area (Å²) in [6.07, 6.45) is 0. The van der Waals surface area contributed by atoms with Crippen LogP contribution in [0, 0.1) is 0 Å². The lowest BCUT2D eigenvalue weighted by atomic mass is 10.2. The number of hydrogen-bond acceptors (Lipinski definition) is 4. The fraction of sp³-hybridized carbons (Fsp3) is 0.188. The molecule has 0 N–H and O–H groups in total. The van der Waals surface area contributed by atoms with Gasteiger partial charge in [-0.25, -0.2) is 4.68 Å². The number of rotatable bonds is 5. The summed E-state index contributed by atoms with van der Waals surface area (Å²) in [6.45, 7) is 2.76. The van der Waals surface area contributed by atoms with E-state index < -0.39 is 0 Å². The maximum Gasteiger partial charge on any atom is 0.210 e. The summed E-state index contributed by atoms with van der Waals surface area (Å²) in [6, 6.07) is 18.0. The molecule has 1 aromatic heterocycles. The Morgan fingerprint density at radius 1 is 1.09 bits per heavy atom. The normalized spacial score (nSPS) is 12.3. The Balaban J connectivity index is 1.76. The number of thioether (sulfide) groups is 1. The predicted octanol–water partition coefficient (Wildman–Crippen LogP) is 4.23. The van der Waals surface area contributed by atoms with E-state index in [-0.39, 0.29) is 5.25 Å². The smallest absolute Gasteiger partial charge is 0.210 e. The van der Waals surface area contributed by atoms with Crippen molar-refractivity contribution in [3.63, 3.8) is 0 Å². The molecule has 3 aromatic rings. The molecule has 112 valence electrons. The third kappa shape index (κ3) is 3.48. The van der Waals surface area contributed by atoms with E-state index in [1.165, 1.54) is 5.56 Å². The highest BCUT2D eigenvalue weighted by Crippen LogP contribution is 2.36. The minimum atomic E-state index is 0.175. The van der Waals surface area contributed by atoms with Crippen molar-refractivity contribution in [3.05, 3.63) is 70.7 Å². The molecule has 6 heteroatoms. The number of aromatic nitrogens is 4. The van der Waals surface area contributed by atoms with Gasteiger partial charge in [0, 0.05) is 10.3 Å². The lowest BCUT2D eigenvalue weighted by Crippen LogP contribution is -2.04. The van der Waals surface area contributed by atoms with Gasteiger partial charge in [0.25, 0.3) is 0 Å².